The standard InChI is InChI=1S/C15H11Cl2NO2/c16-12-8-6-11(14(17)10-12)7-9-15(19)20-18-13-4-2-1-3-5-13/h1-10,18H. The lowest BCUT2D eigenvalue weighted by Gasteiger charge is -2.04. The van der Waals surface area contributed by atoms with E-state index in [1.54, 1.807) is 36.4 Å². The van der Waals surface area contributed by atoms with Crippen LogP contribution < -0.4 is 5.48 Å². The van der Waals surface area contributed by atoms with Crippen LogP contribution in [0.3, 0.4) is 0 Å². The first kappa shape index (κ1) is 14.4. The first-order chi connectivity index (χ1) is 9.65. The van der Waals surface area contributed by atoms with Gasteiger partial charge in [0.25, 0.3) is 0 Å². The topological polar surface area (TPSA) is 38.3 Å². The Morgan fingerprint density at radius 3 is 2.55 bits per heavy atom. The average molecular weight is 308 g/mol. The smallest absolute Gasteiger partial charge is 0.339 e. The van der Waals surface area contributed by atoms with Gasteiger partial charge in [0.1, 0.15) is 0 Å². The molecule has 1 N–H and O–H groups in total. The highest BCUT2D eigenvalue weighted by Crippen LogP contribution is 2.21. The molecule has 0 amide bonds. The van der Waals surface area contributed by atoms with Gasteiger partial charge in [0.05, 0.1) is 5.69 Å². The van der Waals surface area contributed by atoms with Crippen molar-refractivity contribution in [3.8, 4) is 0 Å². The lowest BCUT2D eigenvalue weighted by Crippen LogP contribution is -2.07. The summed E-state index contributed by atoms with van der Waals surface area (Å²) in [7, 11) is 0. The molecule has 0 saturated carbocycles. The molecule has 2 aromatic carbocycles. The number of nitrogens with one attached hydrogen (secondary N) is 1. The van der Waals surface area contributed by atoms with Gasteiger partial charge in [-0.25, -0.2) is 10.3 Å². The van der Waals surface area contributed by atoms with E-state index in [9.17, 15) is 4.79 Å². The molecule has 0 bridgehead atoms. The number of anilines is 1. The Morgan fingerprint density at radius 2 is 1.85 bits per heavy atom. The molecule has 5 heteroatoms. The Bertz CT molecular complexity index is 627. The third-order valence-corrected chi connectivity index (χ3v) is 2.97. The summed E-state index contributed by atoms with van der Waals surface area (Å²) < 4.78 is 0. The maximum Gasteiger partial charge on any atom is 0.355 e. The van der Waals surface area contributed by atoms with Crippen molar-refractivity contribution < 1.29 is 9.63 Å². The van der Waals surface area contributed by atoms with Crippen LogP contribution in [0, 0.1) is 0 Å². The molecule has 0 heterocycles. The summed E-state index contributed by atoms with van der Waals surface area (Å²) in [6, 6.07) is 14.1. The first-order valence-corrected chi connectivity index (χ1v) is 6.56. The van der Waals surface area contributed by atoms with E-state index in [1.807, 2.05) is 18.2 Å². The monoisotopic (exact) mass is 307 g/mol. The van der Waals surface area contributed by atoms with Gasteiger partial charge in [-0.15, -0.1) is 0 Å². The van der Waals surface area contributed by atoms with E-state index in [1.165, 1.54) is 6.08 Å². The van der Waals surface area contributed by atoms with Crippen LogP contribution in [0.1, 0.15) is 5.56 Å². The molecule has 0 fully saturated rings. The molecule has 0 saturated heterocycles. The minimum absolute atomic E-state index is 0.470. The van der Waals surface area contributed by atoms with Crippen LogP contribution in [-0.2, 0) is 9.63 Å². The second-order valence-corrected chi connectivity index (χ2v) is 4.73. The lowest BCUT2D eigenvalue weighted by atomic mass is 10.2. The number of hydrogen-bond acceptors (Lipinski definition) is 3. The maximum absolute atomic E-state index is 11.5. The molecule has 2 rings (SSSR count). The van der Waals surface area contributed by atoms with Gasteiger partial charge in [-0.2, -0.15) is 0 Å². The van der Waals surface area contributed by atoms with Crippen molar-refractivity contribution in [2.24, 2.45) is 0 Å². The van der Waals surface area contributed by atoms with Crippen LogP contribution in [0.2, 0.25) is 10.0 Å². The number of hydrogen-bond donors (Lipinski definition) is 1. The highest BCUT2D eigenvalue weighted by molar-refractivity contribution is 6.35. The fourth-order valence-electron chi connectivity index (χ4n) is 1.44. The van der Waals surface area contributed by atoms with Crippen molar-refractivity contribution in [2.75, 3.05) is 5.48 Å². The summed E-state index contributed by atoms with van der Waals surface area (Å²) in [5.74, 6) is -0.528. The number of benzene rings is 2. The highest BCUT2D eigenvalue weighted by Gasteiger charge is 2.00. The minimum atomic E-state index is -0.528. The lowest BCUT2D eigenvalue weighted by molar-refractivity contribution is -0.134. The van der Waals surface area contributed by atoms with Crippen LogP contribution in [0.15, 0.2) is 54.6 Å². The normalized spacial score (nSPS) is 10.5. The predicted octanol–water partition coefficient (Wildman–Crippen LogP) is 4.58. The van der Waals surface area contributed by atoms with E-state index in [0.717, 1.165) is 0 Å². The van der Waals surface area contributed by atoms with Crippen molar-refractivity contribution >= 4 is 40.9 Å². The first-order valence-electron chi connectivity index (χ1n) is 5.80. The third-order valence-electron chi connectivity index (χ3n) is 2.40. The summed E-state index contributed by atoms with van der Waals surface area (Å²) in [5, 5.41) is 1.01. The maximum atomic E-state index is 11.5. The van der Waals surface area contributed by atoms with E-state index in [0.29, 0.717) is 21.3 Å². The van der Waals surface area contributed by atoms with Crippen LogP contribution in [0.25, 0.3) is 6.08 Å². The van der Waals surface area contributed by atoms with Crippen molar-refractivity contribution in [3.63, 3.8) is 0 Å². The van der Waals surface area contributed by atoms with Gasteiger partial charge in [-0.3, -0.25) is 0 Å². The molecule has 0 aliphatic carbocycles. The molecule has 0 spiro atoms. The highest BCUT2D eigenvalue weighted by atomic mass is 35.5. The van der Waals surface area contributed by atoms with Crippen molar-refractivity contribution in [2.45, 2.75) is 0 Å². The van der Waals surface area contributed by atoms with Crippen LogP contribution >= 0.6 is 23.2 Å². The fraction of sp³-hybridized carbons (Fsp3) is 0. The molecule has 0 aliphatic rings. The number of halogens is 2. The fourth-order valence-corrected chi connectivity index (χ4v) is 1.92. The molecule has 102 valence electrons. The van der Waals surface area contributed by atoms with Crippen molar-refractivity contribution in [1.82, 2.24) is 0 Å². The molecule has 2 aromatic rings. The summed E-state index contributed by atoms with van der Waals surface area (Å²) in [5.41, 5.74) is 3.93. The number of carbonyl (C=O) groups excluding carboxylic acids is 1. The van der Waals surface area contributed by atoms with Gasteiger partial charge in [-0.1, -0.05) is 47.5 Å². The van der Waals surface area contributed by atoms with E-state index in [-0.39, 0.29) is 0 Å². The summed E-state index contributed by atoms with van der Waals surface area (Å²) in [6.45, 7) is 0. The zero-order valence-electron chi connectivity index (χ0n) is 10.3. The van der Waals surface area contributed by atoms with Gasteiger partial charge in [0.15, 0.2) is 0 Å². The molecule has 0 radical (unpaired) electrons. The number of rotatable bonds is 4. The largest absolute Gasteiger partial charge is 0.355 e. The second kappa shape index (κ2) is 6.98. The van der Waals surface area contributed by atoms with Crippen LogP contribution in [-0.4, -0.2) is 5.97 Å². The molecular formula is C15H11Cl2NO2. The molecule has 0 aliphatic heterocycles. The quantitative estimate of drug-likeness (QED) is 0.664. The zero-order valence-corrected chi connectivity index (χ0v) is 11.9. The summed E-state index contributed by atoms with van der Waals surface area (Å²) in [4.78, 5) is 16.4. The average Bonchev–Trinajstić information content (AvgIpc) is 2.45. The number of para-hydroxylation sites is 1. The molecular weight excluding hydrogens is 297 g/mol. The van der Waals surface area contributed by atoms with Gasteiger partial charge in [-0.05, 0) is 35.9 Å². The van der Waals surface area contributed by atoms with Gasteiger partial charge in [0, 0.05) is 16.1 Å². The number of carbonyl (C=O) groups is 1. The SMILES string of the molecule is O=C(C=Cc1ccc(Cl)cc1Cl)ONc1ccccc1. The molecule has 0 atom stereocenters. The molecule has 0 aromatic heterocycles. The zero-order chi connectivity index (χ0) is 14.4. The van der Waals surface area contributed by atoms with Crippen molar-refractivity contribution in [3.05, 3.63) is 70.2 Å². The van der Waals surface area contributed by atoms with Gasteiger partial charge in [0.2, 0.25) is 0 Å². The summed E-state index contributed by atoms with van der Waals surface area (Å²) >= 11 is 11.8. The molecule has 0 unspecified atom stereocenters. The van der Waals surface area contributed by atoms with E-state index < -0.39 is 5.97 Å². The predicted molar refractivity (Wildman–Crippen MR) is 81.7 cm³/mol. The Morgan fingerprint density at radius 1 is 1.10 bits per heavy atom. The van der Waals surface area contributed by atoms with Gasteiger partial charge < -0.3 is 4.84 Å². The molecule has 20 heavy (non-hydrogen) atoms. The third kappa shape index (κ3) is 4.30. The van der Waals surface area contributed by atoms with E-state index in [4.69, 9.17) is 28.0 Å². The van der Waals surface area contributed by atoms with Crippen LogP contribution in [0.5, 0.6) is 0 Å². The molecule has 3 nitrogen and oxygen atoms in total. The Hall–Kier alpha value is -1.97. The second-order valence-electron chi connectivity index (χ2n) is 3.89. The van der Waals surface area contributed by atoms with E-state index in [2.05, 4.69) is 5.48 Å². The van der Waals surface area contributed by atoms with E-state index >= 15 is 0 Å². The van der Waals surface area contributed by atoms with Crippen molar-refractivity contribution in [1.29, 1.82) is 0 Å². The Kier molecular flexibility index (Phi) is 5.04. The summed E-state index contributed by atoms with van der Waals surface area (Å²) in [6.07, 6.45) is 2.85. The van der Waals surface area contributed by atoms with Crippen LogP contribution in [0.4, 0.5) is 5.69 Å². The Labute approximate surface area is 126 Å². The van der Waals surface area contributed by atoms with Gasteiger partial charge >= 0.3 is 5.97 Å². The minimum Gasteiger partial charge on any atom is -0.339 e. The Balaban J connectivity index is 1.92.